The van der Waals surface area contributed by atoms with E-state index in [2.05, 4.69) is 31.4 Å². The van der Waals surface area contributed by atoms with Gasteiger partial charge in [-0.15, -0.1) is 11.8 Å². The molecule has 0 radical (unpaired) electrons. The molecule has 2 aliphatic heterocycles. The number of hydrogen-bond donors (Lipinski definition) is 3. The predicted octanol–water partition coefficient (Wildman–Crippen LogP) is -1.06. The number of amides is 2. The van der Waals surface area contributed by atoms with Gasteiger partial charge in [-0.05, 0) is 22.0 Å². The van der Waals surface area contributed by atoms with Crippen molar-refractivity contribution in [2.75, 3.05) is 18.1 Å². The zero-order valence-corrected chi connectivity index (χ0v) is 22.9. The summed E-state index contributed by atoms with van der Waals surface area (Å²) in [5.41, 5.74) is 6.38. The Morgan fingerprint density at radius 2 is 2.15 bits per heavy atom. The van der Waals surface area contributed by atoms with Gasteiger partial charge in [0.15, 0.2) is 10.8 Å². The van der Waals surface area contributed by atoms with Crippen LogP contribution in [0.25, 0.3) is 5.65 Å². The number of nitrogens with zero attached hydrogens (tertiary/aromatic N) is 5. The molecule has 5 heterocycles. The van der Waals surface area contributed by atoms with Gasteiger partial charge in [0.25, 0.3) is 17.5 Å². The fourth-order valence-electron chi connectivity index (χ4n) is 4.19. The zero-order valence-electron chi connectivity index (χ0n) is 19.6. The zero-order chi connectivity index (χ0) is 27.8. The molecule has 14 nitrogen and oxygen atoms in total. The van der Waals surface area contributed by atoms with Crippen LogP contribution in [-0.4, -0.2) is 72.6 Å². The van der Waals surface area contributed by atoms with Crippen molar-refractivity contribution in [3.05, 3.63) is 57.5 Å². The lowest BCUT2D eigenvalue weighted by molar-refractivity contribution is -0.662. The van der Waals surface area contributed by atoms with Gasteiger partial charge in [-0.1, -0.05) is 22.6 Å². The molecule has 0 spiro atoms. The van der Waals surface area contributed by atoms with Crippen molar-refractivity contribution < 1.29 is 38.8 Å². The van der Waals surface area contributed by atoms with Crippen LogP contribution in [-0.2, 0) is 30.6 Å². The molecule has 202 valence electrons. The molecule has 0 unspecified atom stereocenters. The summed E-state index contributed by atoms with van der Waals surface area (Å²) in [4.78, 5) is 59.1. The Labute approximate surface area is 235 Å². The molecule has 0 aliphatic carbocycles. The Hall–Kier alpha value is -3.96. The van der Waals surface area contributed by atoms with Crippen LogP contribution in [0.1, 0.15) is 5.69 Å². The standard InChI is InChI=1S/C22H18BrN7O7S2/c23-17-13(26-22(24)39-17)14(27-37-8-12(31)32)18(33)25-15-19(34)30-16(21(35)36)10(9-38-20(15)30)7-29-6-5-28-4-2-1-3-11(28)29/h1-6,15,20H,7-9H2,(H4-,24,25,26,31,32,33,35,36)/b27-14-/t15-,20-/m1/s1. The van der Waals surface area contributed by atoms with Gasteiger partial charge in [0.05, 0.1) is 17.9 Å². The van der Waals surface area contributed by atoms with Crippen molar-refractivity contribution in [1.29, 1.82) is 0 Å². The number of halogens is 1. The number of carboxylic acid groups (broad SMARTS) is 2. The molecule has 17 heteroatoms. The van der Waals surface area contributed by atoms with Crippen LogP contribution in [0.3, 0.4) is 0 Å². The van der Waals surface area contributed by atoms with Crippen LogP contribution < -0.4 is 20.7 Å². The smallest absolute Gasteiger partial charge is 0.344 e. The number of anilines is 1. The molecule has 4 N–H and O–H groups in total. The highest BCUT2D eigenvalue weighted by Crippen LogP contribution is 2.40. The minimum atomic E-state index is -1.50. The van der Waals surface area contributed by atoms with E-state index in [-0.39, 0.29) is 28.8 Å². The molecule has 2 aliphatic rings. The molecule has 3 aromatic rings. The first-order chi connectivity index (χ1) is 18.7. The van der Waals surface area contributed by atoms with Crippen LogP contribution in [0.2, 0.25) is 0 Å². The molecular weight excluding hydrogens is 618 g/mol. The van der Waals surface area contributed by atoms with Crippen molar-refractivity contribution in [2.45, 2.75) is 18.0 Å². The normalized spacial score (nSPS) is 19.1. The van der Waals surface area contributed by atoms with Crippen molar-refractivity contribution in [3.8, 4) is 0 Å². The number of rotatable bonds is 9. The lowest BCUT2D eigenvalue weighted by Crippen LogP contribution is -2.71. The number of aliphatic carboxylic acids is 2. The third-order valence-corrected chi connectivity index (χ3v) is 8.72. The molecule has 1 saturated heterocycles. The molecular formula is C22H18BrN7O7S2. The summed E-state index contributed by atoms with van der Waals surface area (Å²) in [5.74, 6) is -4.07. The second-order valence-electron chi connectivity index (χ2n) is 8.27. The number of aromatic nitrogens is 3. The quantitative estimate of drug-likeness (QED) is 0.113. The Morgan fingerprint density at radius 3 is 2.85 bits per heavy atom. The number of imidazole rings is 1. The Morgan fingerprint density at radius 1 is 1.36 bits per heavy atom. The molecule has 2 atom stereocenters. The van der Waals surface area contributed by atoms with E-state index in [1.54, 1.807) is 0 Å². The van der Waals surface area contributed by atoms with Crippen LogP contribution in [0.5, 0.6) is 0 Å². The minimum absolute atomic E-state index is 0.00487. The molecule has 1 fully saturated rings. The Bertz CT molecular complexity index is 1580. The Balaban J connectivity index is 1.37. The van der Waals surface area contributed by atoms with E-state index in [9.17, 15) is 24.3 Å². The van der Waals surface area contributed by atoms with E-state index in [0.29, 0.717) is 9.36 Å². The molecule has 39 heavy (non-hydrogen) atoms. The van der Waals surface area contributed by atoms with E-state index < -0.39 is 47.5 Å². The van der Waals surface area contributed by atoms with E-state index in [0.717, 1.165) is 21.9 Å². The lowest BCUT2D eigenvalue weighted by Gasteiger charge is -2.50. The lowest BCUT2D eigenvalue weighted by atomic mass is 10.0. The second-order valence-corrected chi connectivity index (χ2v) is 11.7. The number of nitrogen functional groups attached to an aromatic ring is 1. The number of carbonyl (C=O) groups is 4. The maximum atomic E-state index is 13.1. The number of thioether (sulfide) groups is 1. The highest BCUT2D eigenvalue weighted by atomic mass is 79.9. The van der Waals surface area contributed by atoms with Gasteiger partial charge >= 0.3 is 5.97 Å². The second kappa shape index (κ2) is 10.7. The number of fused-ring (bicyclic) bond motifs is 2. The number of pyridine rings is 1. The number of nitrogens with two attached hydrogens (primary N) is 1. The van der Waals surface area contributed by atoms with Gasteiger partial charge in [-0.2, -0.15) is 0 Å². The summed E-state index contributed by atoms with van der Waals surface area (Å²) in [5, 5.41) is 26.5. The van der Waals surface area contributed by atoms with Crippen LogP contribution in [0.4, 0.5) is 5.13 Å². The summed E-state index contributed by atoms with van der Waals surface area (Å²) in [6.45, 7) is -0.596. The first kappa shape index (κ1) is 26.6. The fraction of sp³-hybridized carbons (Fsp3) is 0.227. The van der Waals surface area contributed by atoms with Gasteiger partial charge in [0, 0.05) is 17.4 Å². The number of oxime groups is 1. The summed E-state index contributed by atoms with van der Waals surface area (Å²) < 4.78 is 4.08. The number of β-lactam (4-membered cyclic amide) rings is 1. The maximum Gasteiger partial charge on any atom is 0.344 e. The first-order valence-corrected chi connectivity index (χ1v) is 13.8. The highest BCUT2D eigenvalue weighted by molar-refractivity contribution is 9.11. The van der Waals surface area contributed by atoms with E-state index >= 15 is 0 Å². The summed E-state index contributed by atoms with van der Waals surface area (Å²) in [6, 6.07) is 4.53. The van der Waals surface area contributed by atoms with Gasteiger partial charge in [-0.25, -0.2) is 18.7 Å². The van der Waals surface area contributed by atoms with Gasteiger partial charge in [0.2, 0.25) is 6.61 Å². The topological polar surface area (TPSA) is 196 Å². The molecule has 5 rings (SSSR count). The van der Waals surface area contributed by atoms with Crippen LogP contribution in [0.15, 0.2) is 57.0 Å². The van der Waals surface area contributed by atoms with Crippen molar-refractivity contribution in [1.82, 2.24) is 19.6 Å². The molecule has 0 bridgehead atoms. The highest BCUT2D eigenvalue weighted by Gasteiger charge is 2.53. The SMILES string of the molecule is Nc1nc(/C(=N/OCC(=O)O)C(=O)N[C@@H]2C(=O)N3C(C(=O)[O-])=C(C[n+]4ccn5ccccc54)CS[C@H]23)c(Br)s1. The van der Waals surface area contributed by atoms with Crippen molar-refractivity contribution in [2.24, 2.45) is 5.16 Å². The minimum Gasteiger partial charge on any atom is -0.543 e. The van der Waals surface area contributed by atoms with Crippen LogP contribution >= 0.6 is 39.0 Å². The molecule has 0 aromatic carbocycles. The van der Waals surface area contributed by atoms with E-state index in [1.807, 2.05) is 45.8 Å². The Kier molecular flexibility index (Phi) is 7.28. The van der Waals surface area contributed by atoms with Crippen molar-refractivity contribution in [3.63, 3.8) is 0 Å². The fourth-order valence-corrected chi connectivity index (χ4v) is 6.86. The van der Waals surface area contributed by atoms with Gasteiger partial charge < -0.3 is 30.9 Å². The number of hydrogen-bond acceptors (Lipinski definition) is 11. The monoisotopic (exact) mass is 635 g/mol. The summed E-state index contributed by atoms with van der Waals surface area (Å²) in [6.07, 6.45) is 5.51. The third kappa shape index (κ3) is 5.07. The van der Waals surface area contributed by atoms with Crippen molar-refractivity contribution >= 4 is 79.3 Å². The number of carboxylic acids is 2. The largest absolute Gasteiger partial charge is 0.543 e. The number of carbonyl (C=O) groups excluding carboxylic acids is 3. The average Bonchev–Trinajstić information content (AvgIpc) is 3.46. The number of nitrogens with one attached hydrogen (secondary N) is 1. The maximum absolute atomic E-state index is 13.1. The van der Waals surface area contributed by atoms with E-state index in [1.165, 1.54) is 11.8 Å². The summed E-state index contributed by atoms with van der Waals surface area (Å²) >= 11 is 5.52. The molecule has 0 saturated carbocycles. The van der Waals surface area contributed by atoms with Crippen LogP contribution in [0, 0.1) is 0 Å². The predicted molar refractivity (Wildman–Crippen MR) is 139 cm³/mol. The molecule has 2 amide bonds. The van der Waals surface area contributed by atoms with Gasteiger partial charge in [-0.3, -0.25) is 14.5 Å². The summed E-state index contributed by atoms with van der Waals surface area (Å²) in [7, 11) is 0. The molecule has 3 aromatic heterocycles. The average molecular weight is 636 g/mol. The van der Waals surface area contributed by atoms with Gasteiger partial charge in [0.1, 0.15) is 39.8 Å². The number of thiazole rings is 1. The first-order valence-electron chi connectivity index (χ1n) is 11.1. The third-order valence-electron chi connectivity index (χ3n) is 5.84. The van der Waals surface area contributed by atoms with E-state index in [4.69, 9.17) is 15.7 Å².